The number of para-hydroxylation sites is 1. The monoisotopic (exact) mass is 480 g/mol. The van der Waals surface area contributed by atoms with Crippen LogP contribution in [0.25, 0.3) is 10.9 Å². The molecule has 0 bridgehead atoms. The van der Waals surface area contributed by atoms with Gasteiger partial charge in [-0.15, -0.1) is 0 Å². The van der Waals surface area contributed by atoms with Gasteiger partial charge in [0.2, 0.25) is 10.0 Å². The van der Waals surface area contributed by atoms with Crippen LogP contribution in [0.4, 0.5) is 4.79 Å². The van der Waals surface area contributed by atoms with Crippen molar-refractivity contribution < 1.29 is 22.7 Å². The molecule has 9 nitrogen and oxygen atoms in total. The van der Waals surface area contributed by atoms with E-state index in [9.17, 15) is 18.0 Å². The Kier molecular flexibility index (Phi) is 5.49. The standard InChI is InChI=1S/C24H24N4O5S/c1-15-13-16(19-5-2-3-6-20(19)25-15)14-33-17-8-10-18(11-9-17)34(31,32)28-21-7-4-12-24(21)22(29)26-23(30)27-24/h2-3,5-6,8-11,13,21,28H,4,7,12,14H2,1H3,(H2,26,27,29,30)/t21-,24+/m0/s1. The summed E-state index contributed by atoms with van der Waals surface area (Å²) in [7, 11) is -3.91. The molecule has 3 N–H and O–H groups in total. The maximum Gasteiger partial charge on any atom is 0.322 e. The average Bonchev–Trinajstić information content (AvgIpc) is 3.33. The number of nitrogens with one attached hydrogen (secondary N) is 3. The molecule has 1 spiro atoms. The maximum atomic E-state index is 13.0. The van der Waals surface area contributed by atoms with Gasteiger partial charge in [-0.2, -0.15) is 0 Å². The average molecular weight is 481 g/mol. The van der Waals surface area contributed by atoms with E-state index in [4.69, 9.17) is 4.74 Å². The van der Waals surface area contributed by atoms with Gasteiger partial charge in [-0.25, -0.2) is 17.9 Å². The highest BCUT2D eigenvalue weighted by Gasteiger charge is 2.55. The number of urea groups is 1. The van der Waals surface area contributed by atoms with Crippen molar-refractivity contribution in [2.75, 3.05) is 0 Å². The summed E-state index contributed by atoms with van der Waals surface area (Å²) < 4.78 is 34.5. The smallest absolute Gasteiger partial charge is 0.322 e. The van der Waals surface area contributed by atoms with Crippen molar-refractivity contribution in [1.29, 1.82) is 0 Å². The highest BCUT2D eigenvalue weighted by atomic mass is 32.2. The Balaban J connectivity index is 1.30. The number of carbonyl (C=O) groups excluding carboxylic acids is 2. The normalized spacial score (nSPS) is 22.2. The number of pyridine rings is 1. The van der Waals surface area contributed by atoms with Gasteiger partial charge in [0.15, 0.2) is 0 Å². The zero-order valence-corrected chi connectivity index (χ0v) is 19.3. The van der Waals surface area contributed by atoms with Crippen molar-refractivity contribution in [3.63, 3.8) is 0 Å². The molecule has 34 heavy (non-hydrogen) atoms. The van der Waals surface area contributed by atoms with Crippen LogP contribution in [-0.4, -0.2) is 36.9 Å². The molecule has 2 aromatic carbocycles. The summed E-state index contributed by atoms with van der Waals surface area (Å²) in [6.07, 6.45) is 1.46. The van der Waals surface area contributed by atoms with Crippen LogP contribution < -0.4 is 20.1 Å². The summed E-state index contributed by atoms with van der Waals surface area (Å²) in [5, 5.41) is 5.83. The molecule has 10 heteroatoms. The first-order valence-electron chi connectivity index (χ1n) is 11.0. The fourth-order valence-corrected chi connectivity index (χ4v) is 6.06. The molecule has 1 aliphatic carbocycles. The summed E-state index contributed by atoms with van der Waals surface area (Å²) in [5.41, 5.74) is 1.54. The Morgan fingerprint density at radius 1 is 1.15 bits per heavy atom. The van der Waals surface area contributed by atoms with Crippen LogP contribution in [-0.2, 0) is 21.4 Å². The summed E-state index contributed by atoms with van der Waals surface area (Å²) in [5.74, 6) is 0.0302. The molecule has 2 atom stereocenters. The van der Waals surface area contributed by atoms with Crippen LogP contribution in [0.15, 0.2) is 59.5 Å². The molecular weight excluding hydrogens is 456 g/mol. The van der Waals surface area contributed by atoms with Crippen LogP contribution in [0.1, 0.15) is 30.5 Å². The molecule has 3 aromatic rings. The number of rotatable bonds is 6. The summed E-state index contributed by atoms with van der Waals surface area (Å²) in [6, 6.07) is 14.6. The minimum absolute atomic E-state index is 0.0526. The van der Waals surface area contributed by atoms with Crippen LogP contribution in [0, 0.1) is 6.92 Å². The third-order valence-corrected chi connectivity index (χ3v) is 7.87. The first-order chi connectivity index (χ1) is 16.3. The minimum atomic E-state index is -3.91. The Morgan fingerprint density at radius 3 is 2.65 bits per heavy atom. The SMILES string of the molecule is Cc1cc(COc2ccc(S(=O)(=O)N[C@H]3CCC[C@@]34NC(=O)NC4=O)cc2)c2ccccc2n1. The van der Waals surface area contributed by atoms with E-state index in [0.717, 1.165) is 22.2 Å². The second kappa shape index (κ2) is 8.37. The number of imide groups is 1. The first kappa shape index (κ1) is 22.3. The zero-order valence-electron chi connectivity index (χ0n) is 18.5. The second-order valence-electron chi connectivity index (χ2n) is 8.65. The van der Waals surface area contributed by atoms with Crippen molar-refractivity contribution in [3.8, 4) is 5.75 Å². The Labute approximate surface area is 197 Å². The van der Waals surface area contributed by atoms with Crippen molar-refractivity contribution >= 4 is 32.9 Å². The summed E-state index contributed by atoms with van der Waals surface area (Å²) in [6.45, 7) is 2.24. The highest BCUT2D eigenvalue weighted by Crippen LogP contribution is 2.34. The Bertz CT molecular complexity index is 1390. The topological polar surface area (TPSA) is 126 Å². The maximum absolute atomic E-state index is 13.0. The van der Waals surface area contributed by atoms with Crippen LogP contribution >= 0.6 is 0 Å². The predicted molar refractivity (Wildman–Crippen MR) is 125 cm³/mol. The van der Waals surface area contributed by atoms with Crippen LogP contribution in [0.5, 0.6) is 5.75 Å². The number of ether oxygens (including phenoxy) is 1. The fraction of sp³-hybridized carbons (Fsp3) is 0.292. The number of fused-ring (bicyclic) bond motifs is 1. The van der Waals surface area contributed by atoms with Gasteiger partial charge in [-0.1, -0.05) is 18.2 Å². The Hall–Kier alpha value is -3.50. The molecule has 1 saturated carbocycles. The van der Waals surface area contributed by atoms with Gasteiger partial charge in [0.05, 0.1) is 16.5 Å². The van der Waals surface area contributed by atoms with E-state index in [1.54, 1.807) is 12.1 Å². The molecule has 2 heterocycles. The first-order valence-corrected chi connectivity index (χ1v) is 12.5. The Morgan fingerprint density at radius 2 is 1.91 bits per heavy atom. The van der Waals surface area contributed by atoms with Gasteiger partial charge in [0, 0.05) is 16.6 Å². The van der Waals surface area contributed by atoms with Gasteiger partial charge >= 0.3 is 6.03 Å². The van der Waals surface area contributed by atoms with E-state index >= 15 is 0 Å². The van der Waals surface area contributed by atoms with Gasteiger partial charge in [-0.05, 0) is 62.6 Å². The lowest BCUT2D eigenvalue weighted by Crippen LogP contribution is -2.59. The molecule has 0 radical (unpaired) electrons. The largest absolute Gasteiger partial charge is 0.489 e. The van der Waals surface area contributed by atoms with E-state index in [2.05, 4.69) is 20.3 Å². The van der Waals surface area contributed by atoms with E-state index in [0.29, 0.717) is 31.6 Å². The number of benzene rings is 2. The lowest BCUT2D eigenvalue weighted by molar-refractivity contribution is -0.124. The van der Waals surface area contributed by atoms with E-state index < -0.39 is 33.5 Å². The molecule has 2 aliphatic rings. The lowest BCUT2D eigenvalue weighted by Gasteiger charge is -2.28. The molecule has 1 aliphatic heterocycles. The number of sulfonamides is 1. The third-order valence-electron chi connectivity index (χ3n) is 6.38. The number of amides is 3. The zero-order chi connectivity index (χ0) is 23.9. The number of carbonyl (C=O) groups is 2. The van der Waals surface area contributed by atoms with Gasteiger partial charge < -0.3 is 10.1 Å². The molecule has 5 rings (SSSR count). The van der Waals surface area contributed by atoms with E-state index in [1.165, 1.54) is 12.1 Å². The number of hydrogen-bond acceptors (Lipinski definition) is 6. The van der Waals surface area contributed by atoms with Crippen molar-refractivity contribution in [2.24, 2.45) is 0 Å². The fourth-order valence-electron chi connectivity index (χ4n) is 4.74. The number of aryl methyl sites for hydroxylation is 1. The van der Waals surface area contributed by atoms with Crippen molar-refractivity contribution in [1.82, 2.24) is 20.3 Å². The van der Waals surface area contributed by atoms with Crippen molar-refractivity contribution in [2.45, 2.75) is 49.3 Å². The minimum Gasteiger partial charge on any atom is -0.489 e. The summed E-state index contributed by atoms with van der Waals surface area (Å²) >= 11 is 0. The molecule has 0 unspecified atom stereocenters. The van der Waals surface area contributed by atoms with Crippen LogP contribution in [0.3, 0.4) is 0 Å². The molecule has 3 amide bonds. The third kappa shape index (κ3) is 3.99. The predicted octanol–water partition coefficient (Wildman–Crippen LogP) is 2.53. The summed E-state index contributed by atoms with van der Waals surface area (Å²) in [4.78, 5) is 28.6. The second-order valence-corrected chi connectivity index (χ2v) is 10.4. The number of aromatic nitrogens is 1. The molecule has 1 saturated heterocycles. The van der Waals surface area contributed by atoms with E-state index in [-0.39, 0.29) is 4.90 Å². The molecule has 2 fully saturated rings. The quantitative estimate of drug-likeness (QED) is 0.466. The van der Waals surface area contributed by atoms with Crippen molar-refractivity contribution in [3.05, 3.63) is 65.9 Å². The van der Waals surface area contributed by atoms with E-state index in [1.807, 2.05) is 37.3 Å². The number of nitrogens with zero attached hydrogens (tertiary/aromatic N) is 1. The molecule has 1 aromatic heterocycles. The van der Waals surface area contributed by atoms with Crippen LogP contribution in [0.2, 0.25) is 0 Å². The highest BCUT2D eigenvalue weighted by molar-refractivity contribution is 7.89. The number of hydrogen-bond donors (Lipinski definition) is 3. The van der Waals surface area contributed by atoms with Gasteiger partial charge in [0.25, 0.3) is 5.91 Å². The van der Waals surface area contributed by atoms with Gasteiger partial charge in [-0.3, -0.25) is 15.1 Å². The molecule has 176 valence electrons. The molecular formula is C24H24N4O5S. The lowest BCUT2D eigenvalue weighted by atomic mass is 9.94. The van der Waals surface area contributed by atoms with Gasteiger partial charge in [0.1, 0.15) is 17.9 Å².